The smallest absolute Gasteiger partial charge is 0.343 e. The van der Waals surface area contributed by atoms with Crippen molar-refractivity contribution in [1.82, 2.24) is 0 Å². The number of rotatable bonds is 17. The molecule has 0 amide bonds. The average molecular weight is 543 g/mol. The molecule has 1 atom stereocenters. The summed E-state index contributed by atoms with van der Waals surface area (Å²) < 4.78 is 16.8. The van der Waals surface area contributed by atoms with Crippen LogP contribution in [0.3, 0.4) is 0 Å². The largest absolute Gasteiger partial charge is 0.493 e. The van der Waals surface area contributed by atoms with Gasteiger partial charge in [-0.1, -0.05) is 76.3 Å². The molecule has 3 aromatic rings. The van der Waals surface area contributed by atoms with Crippen LogP contribution in [0, 0.1) is 5.92 Å². The van der Waals surface area contributed by atoms with Gasteiger partial charge >= 0.3 is 11.9 Å². The van der Waals surface area contributed by atoms with E-state index in [2.05, 4.69) is 20.4 Å². The van der Waals surface area contributed by atoms with Crippen LogP contribution in [0.5, 0.6) is 17.2 Å². The molecule has 40 heavy (non-hydrogen) atoms. The molecule has 3 rings (SSSR count). The highest BCUT2D eigenvalue weighted by molar-refractivity contribution is 5.91. The van der Waals surface area contributed by atoms with Gasteiger partial charge in [-0.3, -0.25) is 4.79 Å². The minimum absolute atomic E-state index is 0.254. The Morgan fingerprint density at radius 2 is 1.25 bits per heavy atom. The van der Waals surface area contributed by atoms with Gasteiger partial charge in [0.1, 0.15) is 17.2 Å². The van der Waals surface area contributed by atoms with Gasteiger partial charge in [0.25, 0.3) is 0 Å². The third-order valence-electron chi connectivity index (χ3n) is 6.84. The van der Waals surface area contributed by atoms with Crippen molar-refractivity contribution in [2.24, 2.45) is 5.92 Å². The van der Waals surface area contributed by atoms with Crippen molar-refractivity contribution in [2.45, 2.75) is 71.6 Å². The second kappa shape index (κ2) is 17.0. The van der Waals surface area contributed by atoms with Crippen LogP contribution in [0.15, 0.2) is 85.5 Å². The van der Waals surface area contributed by atoms with Crippen molar-refractivity contribution >= 4 is 11.9 Å². The Morgan fingerprint density at radius 1 is 0.725 bits per heavy atom. The highest BCUT2D eigenvalue weighted by Crippen LogP contribution is 2.25. The van der Waals surface area contributed by atoms with Crippen LogP contribution in [0.1, 0.15) is 82.0 Å². The molecular weight excluding hydrogens is 500 g/mol. The van der Waals surface area contributed by atoms with E-state index in [0.717, 1.165) is 49.0 Å². The number of ether oxygens (including phenoxy) is 3. The maximum Gasteiger partial charge on any atom is 0.343 e. The molecule has 0 aliphatic rings. The maximum atomic E-state index is 12.6. The molecule has 0 radical (unpaired) electrons. The standard InChI is InChI=1S/C35H42O5/c1-4-6-7-8-9-10-11-12-13-34(36)39-32-24-18-30(19-25-32)35(37)40-33-22-16-29(17-23-33)28-14-20-31(21-15-28)38-26-27(3)5-2/h4,14-25,27H,1,5-13,26H2,2-3H3. The van der Waals surface area contributed by atoms with E-state index >= 15 is 0 Å². The molecule has 5 heteroatoms. The quantitative estimate of drug-likeness (QED) is 0.0736. The van der Waals surface area contributed by atoms with Gasteiger partial charge in [-0.15, -0.1) is 6.58 Å². The van der Waals surface area contributed by atoms with Gasteiger partial charge in [-0.05, 0) is 84.8 Å². The van der Waals surface area contributed by atoms with E-state index in [-0.39, 0.29) is 5.97 Å². The van der Waals surface area contributed by atoms with Gasteiger partial charge in [-0.2, -0.15) is 0 Å². The van der Waals surface area contributed by atoms with Crippen LogP contribution in [0.25, 0.3) is 11.1 Å². The predicted octanol–water partition coefficient (Wildman–Crippen LogP) is 9.21. The normalized spacial score (nSPS) is 11.4. The van der Waals surface area contributed by atoms with Gasteiger partial charge in [0.05, 0.1) is 12.2 Å². The first-order valence-electron chi connectivity index (χ1n) is 14.5. The first kappa shape index (κ1) is 30.7. The van der Waals surface area contributed by atoms with E-state index in [1.807, 2.05) is 42.5 Å². The van der Waals surface area contributed by atoms with Gasteiger partial charge in [0.2, 0.25) is 0 Å². The Morgan fingerprint density at radius 3 is 1.85 bits per heavy atom. The van der Waals surface area contributed by atoms with Gasteiger partial charge in [-0.25, -0.2) is 4.79 Å². The van der Waals surface area contributed by atoms with Crippen molar-refractivity contribution in [3.05, 3.63) is 91.0 Å². The summed E-state index contributed by atoms with van der Waals surface area (Å²) in [6.07, 6.45) is 11.1. The number of allylic oxidation sites excluding steroid dienone is 1. The minimum Gasteiger partial charge on any atom is -0.493 e. The zero-order chi connectivity index (χ0) is 28.6. The molecule has 212 valence electrons. The van der Waals surface area contributed by atoms with Crippen LogP contribution in [0.4, 0.5) is 0 Å². The highest BCUT2D eigenvalue weighted by Gasteiger charge is 2.11. The molecule has 0 aromatic heterocycles. The number of esters is 2. The number of hydrogen-bond acceptors (Lipinski definition) is 5. The lowest BCUT2D eigenvalue weighted by molar-refractivity contribution is -0.134. The molecule has 0 N–H and O–H groups in total. The van der Waals surface area contributed by atoms with Gasteiger partial charge in [0.15, 0.2) is 0 Å². The summed E-state index contributed by atoms with van der Waals surface area (Å²) >= 11 is 0. The predicted molar refractivity (Wildman–Crippen MR) is 161 cm³/mol. The molecule has 0 saturated carbocycles. The lowest BCUT2D eigenvalue weighted by atomic mass is 10.1. The molecule has 3 aromatic carbocycles. The van der Waals surface area contributed by atoms with E-state index in [9.17, 15) is 9.59 Å². The van der Waals surface area contributed by atoms with Crippen molar-refractivity contribution in [1.29, 1.82) is 0 Å². The minimum atomic E-state index is -0.471. The first-order valence-corrected chi connectivity index (χ1v) is 14.5. The summed E-state index contributed by atoms with van der Waals surface area (Å²) in [5, 5.41) is 0. The zero-order valence-corrected chi connectivity index (χ0v) is 23.9. The number of benzene rings is 3. The molecule has 0 bridgehead atoms. The van der Waals surface area contributed by atoms with E-state index in [4.69, 9.17) is 14.2 Å². The molecule has 0 aliphatic heterocycles. The van der Waals surface area contributed by atoms with E-state index in [0.29, 0.717) is 36.0 Å². The van der Waals surface area contributed by atoms with Crippen molar-refractivity contribution < 1.29 is 23.8 Å². The van der Waals surface area contributed by atoms with Gasteiger partial charge in [0, 0.05) is 6.42 Å². The van der Waals surface area contributed by atoms with Crippen molar-refractivity contribution in [3.8, 4) is 28.4 Å². The summed E-state index contributed by atoms with van der Waals surface area (Å²) in [6, 6.07) is 21.8. The van der Waals surface area contributed by atoms with Crippen molar-refractivity contribution in [2.75, 3.05) is 6.61 Å². The summed E-state index contributed by atoms with van der Waals surface area (Å²) in [5.74, 6) is 1.54. The molecule has 5 nitrogen and oxygen atoms in total. The van der Waals surface area contributed by atoms with Gasteiger partial charge < -0.3 is 14.2 Å². The number of hydrogen-bond donors (Lipinski definition) is 0. The van der Waals surface area contributed by atoms with E-state index in [1.165, 1.54) is 19.3 Å². The summed E-state index contributed by atoms with van der Waals surface area (Å²) in [6.45, 7) is 8.78. The first-order chi connectivity index (χ1) is 19.5. The zero-order valence-electron chi connectivity index (χ0n) is 23.9. The average Bonchev–Trinajstić information content (AvgIpc) is 2.98. The van der Waals surface area contributed by atoms with E-state index < -0.39 is 5.97 Å². The Kier molecular flexibility index (Phi) is 13.0. The number of unbranched alkanes of at least 4 members (excludes halogenated alkanes) is 6. The fourth-order valence-electron chi connectivity index (χ4n) is 4.09. The second-order valence-corrected chi connectivity index (χ2v) is 10.2. The third-order valence-corrected chi connectivity index (χ3v) is 6.84. The monoisotopic (exact) mass is 542 g/mol. The molecule has 0 heterocycles. The number of carbonyl (C=O) groups is 2. The van der Waals surface area contributed by atoms with E-state index in [1.54, 1.807) is 36.4 Å². The molecular formula is C35H42O5. The maximum absolute atomic E-state index is 12.6. The second-order valence-electron chi connectivity index (χ2n) is 10.2. The highest BCUT2D eigenvalue weighted by atomic mass is 16.5. The Hall–Kier alpha value is -3.86. The number of carbonyl (C=O) groups excluding carboxylic acids is 2. The lowest BCUT2D eigenvalue weighted by Gasteiger charge is -2.11. The summed E-state index contributed by atoms with van der Waals surface area (Å²) in [7, 11) is 0. The fraction of sp³-hybridized carbons (Fsp3) is 0.371. The summed E-state index contributed by atoms with van der Waals surface area (Å²) in [5.41, 5.74) is 2.45. The van der Waals surface area contributed by atoms with Crippen LogP contribution >= 0.6 is 0 Å². The molecule has 0 saturated heterocycles. The third kappa shape index (κ3) is 10.7. The molecule has 0 aliphatic carbocycles. The SMILES string of the molecule is C=CCCCCCCCCC(=O)Oc1ccc(C(=O)Oc2ccc(-c3ccc(OCC(C)CC)cc3)cc2)cc1. The molecule has 1 unspecified atom stereocenters. The van der Waals surface area contributed by atoms with Crippen molar-refractivity contribution in [3.63, 3.8) is 0 Å². The summed E-state index contributed by atoms with van der Waals surface area (Å²) in [4.78, 5) is 24.7. The van der Waals surface area contributed by atoms with Crippen LogP contribution < -0.4 is 14.2 Å². The Bertz CT molecular complexity index is 1180. The fourth-order valence-corrected chi connectivity index (χ4v) is 4.09. The molecule has 0 fully saturated rings. The Balaban J connectivity index is 1.41. The van der Waals surface area contributed by atoms with Crippen LogP contribution in [-0.4, -0.2) is 18.5 Å². The molecule has 0 spiro atoms. The lowest BCUT2D eigenvalue weighted by Crippen LogP contribution is -2.10. The van der Waals surface area contributed by atoms with Crippen LogP contribution in [-0.2, 0) is 4.79 Å². The van der Waals surface area contributed by atoms with Crippen LogP contribution in [0.2, 0.25) is 0 Å². The Labute approximate surface area is 239 Å². The topological polar surface area (TPSA) is 61.8 Å².